The molecule has 0 aliphatic carbocycles. The Morgan fingerprint density at radius 2 is 2.00 bits per heavy atom. The zero-order valence-corrected chi connectivity index (χ0v) is 13.2. The fourth-order valence-corrected chi connectivity index (χ4v) is 3.59. The molecule has 0 spiro atoms. The average Bonchev–Trinajstić information content (AvgIpc) is 2.47. The summed E-state index contributed by atoms with van der Waals surface area (Å²) in [4.78, 5) is 12.3. The van der Waals surface area contributed by atoms with E-state index in [1.807, 2.05) is 0 Å². The standard InChI is InChI=1S/C15H21NO4S/c1-20-14-7-5-13(6-8-14)15(17)10-12-4-3-9-16(11-12)21(2,18)19/h5-8,12H,3-4,9-11H2,1-2H3. The van der Waals surface area contributed by atoms with E-state index in [1.54, 1.807) is 31.4 Å². The number of carbonyl (C=O) groups is 1. The van der Waals surface area contributed by atoms with Gasteiger partial charge in [0.15, 0.2) is 5.78 Å². The van der Waals surface area contributed by atoms with Crippen LogP contribution in [0.5, 0.6) is 5.75 Å². The first-order chi connectivity index (χ1) is 9.90. The minimum absolute atomic E-state index is 0.0537. The molecule has 1 fully saturated rings. The largest absolute Gasteiger partial charge is 0.497 e. The average molecular weight is 311 g/mol. The second-order valence-corrected chi connectivity index (χ2v) is 7.47. The van der Waals surface area contributed by atoms with Gasteiger partial charge in [0.05, 0.1) is 13.4 Å². The third-order valence-electron chi connectivity index (χ3n) is 3.84. The summed E-state index contributed by atoms with van der Waals surface area (Å²) in [6.45, 7) is 1.01. The highest BCUT2D eigenvalue weighted by molar-refractivity contribution is 7.88. The van der Waals surface area contributed by atoms with Crippen LogP contribution < -0.4 is 4.74 Å². The van der Waals surface area contributed by atoms with Crippen molar-refractivity contribution < 1.29 is 17.9 Å². The van der Waals surface area contributed by atoms with E-state index in [-0.39, 0.29) is 11.7 Å². The lowest BCUT2D eigenvalue weighted by atomic mass is 9.92. The van der Waals surface area contributed by atoms with Gasteiger partial charge in [-0.05, 0) is 43.0 Å². The normalized spacial score (nSPS) is 20.2. The minimum Gasteiger partial charge on any atom is -0.497 e. The van der Waals surface area contributed by atoms with Gasteiger partial charge in [-0.15, -0.1) is 0 Å². The molecule has 0 saturated carbocycles. The van der Waals surface area contributed by atoms with Crippen LogP contribution in [-0.2, 0) is 10.0 Å². The van der Waals surface area contributed by atoms with Crippen molar-refractivity contribution in [1.29, 1.82) is 0 Å². The predicted molar refractivity (Wildman–Crippen MR) is 81.1 cm³/mol. The van der Waals surface area contributed by atoms with Crippen molar-refractivity contribution in [3.05, 3.63) is 29.8 Å². The second kappa shape index (κ2) is 6.58. The van der Waals surface area contributed by atoms with Gasteiger partial charge in [0.1, 0.15) is 5.75 Å². The third-order valence-corrected chi connectivity index (χ3v) is 5.11. The Balaban J connectivity index is 1.98. The predicted octanol–water partition coefficient (Wildman–Crippen LogP) is 1.94. The van der Waals surface area contributed by atoms with E-state index in [9.17, 15) is 13.2 Å². The lowest BCUT2D eigenvalue weighted by Gasteiger charge is -2.30. The highest BCUT2D eigenvalue weighted by atomic mass is 32.2. The zero-order valence-electron chi connectivity index (χ0n) is 12.4. The van der Waals surface area contributed by atoms with Gasteiger partial charge in [-0.3, -0.25) is 4.79 Å². The van der Waals surface area contributed by atoms with Crippen molar-refractivity contribution in [3.63, 3.8) is 0 Å². The molecule has 21 heavy (non-hydrogen) atoms. The Bertz CT molecular complexity index is 595. The van der Waals surface area contributed by atoms with Crippen molar-refractivity contribution in [2.75, 3.05) is 26.5 Å². The molecular weight excluding hydrogens is 290 g/mol. The lowest BCUT2D eigenvalue weighted by molar-refractivity contribution is 0.0942. The Kier molecular flexibility index (Phi) is 5.00. The summed E-state index contributed by atoms with van der Waals surface area (Å²) in [6, 6.07) is 7.02. The van der Waals surface area contributed by atoms with Gasteiger partial charge in [0.2, 0.25) is 10.0 Å². The van der Waals surface area contributed by atoms with E-state index in [0.29, 0.717) is 30.8 Å². The van der Waals surface area contributed by atoms with Crippen LogP contribution in [-0.4, -0.2) is 45.0 Å². The van der Waals surface area contributed by atoms with Crippen LogP contribution >= 0.6 is 0 Å². The molecule has 0 N–H and O–H groups in total. The van der Waals surface area contributed by atoms with Crippen LogP contribution in [0.2, 0.25) is 0 Å². The Hall–Kier alpha value is -1.40. The number of hydrogen-bond donors (Lipinski definition) is 0. The van der Waals surface area contributed by atoms with Crippen LogP contribution in [0.1, 0.15) is 29.6 Å². The topological polar surface area (TPSA) is 63.7 Å². The number of carbonyl (C=O) groups excluding carboxylic acids is 1. The van der Waals surface area contributed by atoms with E-state index in [1.165, 1.54) is 10.6 Å². The van der Waals surface area contributed by atoms with E-state index < -0.39 is 10.0 Å². The lowest BCUT2D eigenvalue weighted by Crippen LogP contribution is -2.39. The number of benzene rings is 1. The Morgan fingerprint density at radius 1 is 1.33 bits per heavy atom. The maximum Gasteiger partial charge on any atom is 0.211 e. The molecule has 1 aromatic carbocycles. The first-order valence-corrected chi connectivity index (χ1v) is 8.87. The van der Waals surface area contributed by atoms with E-state index in [4.69, 9.17) is 4.74 Å². The maximum atomic E-state index is 12.3. The van der Waals surface area contributed by atoms with E-state index in [2.05, 4.69) is 0 Å². The number of methoxy groups -OCH3 is 1. The monoisotopic (exact) mass is 311 g/mol. The number of hydrogen-bond acceptors (Lipinski definition) is 4. The fraction of sp³-hybridized carbons (Fsp3) is 0.533. The summed E-state index contributed by atoms with van der Waals surface area (Å²) in [7, 11) is -1.58. The molecule has 1 aliphatic heterocycles. The van der Waals surface area contributed by atoms with Crippen LogP contribution in [0.15, 0.2) is 24.3 Å². The maximum absolute atomic E-state index is 12.3. The van der Waals surface area contributed by atoms with E-state index >= 15 is 0 Å². The highest BCUT2D eigenvalue weighted by Crippen LogP contribution is 2.23. The molecule has 6 heteroatoms. The smallest absolute Gasteiger partial charge is 0.211 e. The van der Waals surface area contributed by atoms with Crippen molar-refractivity contribution in [2.45, 2.75) is 19.3 Å². The minimum atomic E-state index is -3.16. The van der Waals surface area contributed by atoms with Crippen LogP contribution in [0.25, 0.3) is 0 Å². The van der Waals surface area contributed by atoms with Crippen molar-refractivity contribution in [3.8, 4) is 5.75 Å². The molecule has 0 radical (unpaired) electrons. The summed E-state index contributed by atoms with van der Waals surface area (Å²) in [6.07, 6.45) is 3.32. The van der Waals surface area contributed by atoms with Gasteiger partial charge in [-0.25, -0.2) is 12.7 Å². The highest BCUT2D eigenvalue weighted by Gasteiger charge is 2.27. The number of nitrogens with zero attached hydrogens (tertiary/aromatic N) is 1. The Morgan fingerprint density at radius 3 is 2.57 bits per heavy atom. The Labute approximate surface area is 126 Å². The number of ether oxygens (including phenoxy) is 1. The molecule has 1 heterocycles. The first kappa shape index (κ1) is 16.0. The van der Waals surface area contributed by atoms with Gasteiger partial charge < -0.3 is 4.74 Å². The first-order valence-electron chi connectivity index (χ1n) is 7.02. The SMILES string of the molecule is COc1ccc(C(=O)CC2CCCN(S(C)(=O)=O)C2)cc1. The van der Waals surface area contributed by atoms with Crippen LogP contribution in [0.4, 0.5) is 0 Å². The molecule has 1 unspecified atom stereocenters. The molecular formula is C15H21NO4S. The van der Waals surface area contributed by atoms with Crippen molar-refractivity contribution in [2.24, 2.45) is 5.92 Å². The van der Waals surface area contributed by atoms with E-state index in [0.717, 1.165) is 12.8 Å². The van der Waals surface area contributed by atoms with Crippen molar-refractivity contribution in [1.82, 2.24) is 4.31 Å². The molecule has 1 aromatic rings. The summed E-state index contributed by atoms with van der Waals surface area (Å²) >= 11 is 0. The molecule has 1 atom stereocenters. The third kappa shape index (κ3) is 4.28. The molecule has 0 bridgehead atoms. The number of ketones is 1. The molecule has 5 nitrogen and oxygen atoms in total. The quantitative estimate of drug-likeness (QED) is 0.780. The number of piperidine rings is 1. The molecule has 1 saturated heterocycles. The zero-order chi connectivity index (χ0) is 15.5. The van der Waals surface area contributed by atoms with Gasteiger partial charge in [-0.2, -0.15) is 0 Å². The number of sulfonamides is 1. The van der Waals surface area contributed by atoms with Gasteiger partial charge in [0, 0.05) is 25.1 Å². The molecule has 0 amide bonds. The summed E-state index contributed by atoms with van der Waals surface area (Å²) in [5.74, 6) is 0.869. The van der Waals surface area contributed by atoms with Gasteiger partial charge >= 0.3 is 0 Å². The number of Topliss-reactive ketones (excluding diaryl/α,β-unsaturated/α-hetero) is 1. The molecule has 116 valence electrons. The van der Waals surface area contributed by atoms with Gasteiger partial charge in [-0.1, -0.05) is 0 Å². The fourth-order valence-electron chi connectivity index (χ4n) is 2.65. The summed E-state index contributed by atoms with van der Waals surface area (Å²) < 4.78 is 29.7. The summed E-state index contributed by atoms with van der Waals surface area (Å²) in [5.41, 5.74) is 0.646. The molecule has 0 aromatic heterocycles. The van der Waals surface area contributed by atoms with Crippen molar-refractivity contribution >= 4 is 15.8 Å². The molecule has 1 aliphatic rings. The van der Waals surface area contributed by atoms with Crippen LogP contribution in [0, 0.1) is 5.92 Å². The summed E-state index contributed by atoms with van der Waals surface area (Å²) in [5, 5.41) is 0. The number of rotatable bonds is 5. The van der Waals surface area contributed by atoms with Crippen LogP contribution in [0.3, 0.4) is 0 Å². The second-order valence-electron chi connectivity index (χ2n) is 5.49. The van der Waals surface area contributed by atoms with Gasteiger partial charge in [0.25, 0.3) is 0 Å². The molecule has 2 rings (SSSR count).